The van der Waals surface area contributed by atoms with Crippen LogP contribution in [0.25, 0.3) is 0 Å². The number of nitrogens with zero attached hydrogens (tertiary/aromatic N) is 3. The minimum absolute atomic E-state index is 0.00466. The van der Waals surface area contributed by atoms with Gasteiger partial charge in [-0.3, -0.25) is 9.88 Å². The quantitative estimate of drug-likeness (QED) is 0.853. The van der Waals surface area contributed by atoms with Crippen LogP contribution in [0.2, 0.25) is 0 Å². The van der Waals surface area contributed by atoms with Crippen molar-refractivity contribution >= 4 is 11.3 Å². The largest absolute Gasteiger partial charge is 0.326 e. The fourth-order valence-electron chi connectivity index (χ4n) is 2.53. The Morgan fingerprint density at radius 3 is 2.90 bits per heavy atom. The molecule has 21 heavy (non-hydrogen) atoms. The van der Waals surface area contributed by atoms with Gasteiger partial charge in [0.2, 0.25) is 0 Å². The summed E-state index contributed by atoms with van der Waals surface area (Å²) in [6.07, 6.45) is 4.13. The highest BCUT2D eigenvalue weighted by Gasteiger charge is 2.24. The second-order valence-electron chi connectivity index (χ2n) is 5.10. The van der Waals surface area contributed by atoms with Gasteiger partial charge in [-0.2, -0.15) is 16.6 Å². The SMILES string of the molecule is CC(N)C(c1ccsc1)N(CCC#N)Cc1cccnc1. The minimum atomic E-state index is -0.00466. The molecule has 0 aromatic carbocycles. The Kier molecular flexibility index (Phi) is 5.88. The van der Waals surface area contributed by atoms with Gasteiger partial charge < -0.3 is 5.73 Å². The van der Waals surface area contributed by atoms with Crippen molar-refractivity contribution in [3.63, 3.8) is 0 Å². The van der Waals surface area contributed by atoms with Crippen molar-refractivity contribution in [2.24, 2.45) is 5.73 Å². The fourth-order valence-corrected chi connectivity index (χ4v) is 3.22. The first-order valence-electron chi connectivity index (χ1n) is 7.00. The lowest BCUT2D eigenvalue weighted by molar-refractivity contribution is 0.171. The van der Waals surface area contributed by atoms with Crippen LogP contribution in [-0.4, -0.2) is 22.5 Å². The van der Waals surface area contributed by atoms with E-state index in [-0.39, 0.29) is 12.1 Å². The Balaban J connectivity index is 2.22. The molecule has 0 bridgehead atoms. The van der Waals surface area contributed by atoms with Gasteiger partial charge in [0.15, 0.2) is 0 Å². The summed E-state index contributed by atoms with van der Waals surface area (Å²) >= 11 is 1.67. The Hall–Kier alpha value is -1.74. The molecule has 0 saturated carbocycles. The van der Waals surface area contributed by atoms with Crippen molar-refractivity contribution in [2.75, 3.05) is 6.54 Å². The first kappa shape index (κ1) is 15.6. The van der Waals surface area contributed by atoms with Crippen molar-refractivity contribution in [2.45, 2.75) is 32.0 Å². The Labute approximate surface area is 129 Å². The number of hydrogen-bond donors (Lipinski definition) is 1. The van der Waals surface area contributed by atoms with E-state index in [0.717, 1.165) is 12.1 Å². The summed E-state index contributed by atoms with van der Waals surface area (Å²) in [5, 5.41) is 13.1. The van der Waals surface area contributed by atoms with Gasteiger partial charge in [0.1, 0.15) is 0 Å². The van der Waals surface area contributed by atoms with Crippen LogP contribution >= 0.6 is 11.3 Å². The number of nitriles is 1. The van der Waals surface area contributed by atoms with E-state index in [0.29, 0.717) is 13.0 Å². The molecule has 4 nitrogen and oxygen atoms in total. The standard InChI is InChI=1S/C16H20N4S/c1-13(18)16(15-5-9-21-12-15)20(8-3-6-17)11-14-4-2-7-19-10-14/h2,4-5,7,9-10,12-13,16H,3,8,11,18H2,1H3. The molecule has 0 spiro atoms. The first-order chi connectivity index (χ1) is 10.2. The molecule has 5 heteroatoms. The maximum atomic E-state index is 8.91. The van der Waals surface area contributed by atoms with Gasteiger partial charge in [-0.1, -0.05) is 6.07 Å². The normalized spacial score (nSPS) is 13.8. The summed E-state index contributed by atoms with van der Waals surface area (Å²) in [6.45, 7) is 3.47. The average molecular weight is 300 g/mol. The van der Waals surface area contributed by atoms with Gasteiger partial charge in [0.05, 0.1) is 12.1 Å². The highest BCUT2D eigenvalue weighted by molar-refractivity contribution is 7.07. The van der Waals surface area contributed by atoms with Gasteiger partial charge in [0.25, 0.3) is 0 Å². The van der Waals surface area contributed by atoms with Gasteiger partial charge >= 0.3 is 0 Å². The van der Waals surface area contributed by atoms with Crippen LogP contribution in [0.5, 0.6) is 0 Å². The van der Waals surface area contributed by atoms with E-state index in [1.807, 2.05) is 19.2 Å². The minimum Gasteiger partial charge on any atom is -0.326 e. The first-order valence-corrected chi connectivity index (χ1v) is 7.94. The predicted molar refractivity (Wildman–Crippen MR) is 85.6 cm³/mol. The van der Waals surface area contributed by atoms with E-state index in [1.165, 1.54) is 5.56 Å². The highest BCUT2D eigenvalue weighted by Crippen LogP contribution is 2.27. The zero-order valence-electron chi connectivity index (χ0n) is 12.1. The van der Waals surface area contributed by atoms with E-state index in [9.17, 15) is 0 Å². The lowest BCUT2D eigenvalue weighted by atomic mass is 10.0. The summed E-state index contributed by atoms with van der Waals surface area (Å²) in [5.41, 5.74) is 8.57. The summed E-state index contributed by atoms with van der Waals surface area (Å²) in [7, 11) is 0. The second kappa shape index (κ2) is 7.89. The third kappa shape index (κ3) is 4.36. The lowest BCUT2D eigenvalue weighted by Gasteiger charge is -2.33. The second-order valence-corrected chi connectivity index (χ2v) is 5.88. The molecule has 2 N–H and O–H groups in total. The lowest BCUT2D eigenvalue weighted by Crippen LogP contribution is -2.39. The number of thiophene rings is 1. The van der Waals surface area contributed by atoms with Crippen molar-refractivity contribution in [3.05, 3.63) is 52.5 Å². The van der Waals surface area contributed by atoms with Crippen molar-refractivity contribution < 1.29 is 0 Å². The molecule has 0 radical (unpaired) electrons. The van der Waals surface area contributed by atoms with Crippen molar-refractivity contribution in [1.82, 2.24) is 9.88 Å². The van der Waals surface area contributed by atoms with Crippen LogP contribution in [0, 0.1) is 11.3 Å². The Bertz CT molecular complexity index is 560. The van der Waals surface area contributed by atoms with Crippen LogP contribution in [0.1, 0.15) is 30.5 Å². The number of aromatic nitrogens is 1. The van der Waals surface area contributed by atoms with Crippen LogP contribution < -0.4 is 5.73 Å². The van der Waals surface area contributed by atoms with Gasteiger partial charge in [-0.05, 0) is 40.9 Å². The molecule has 110 valence electrons. The van der Waals surface area contributed by atoms with Gasteiger partial charge in [-0.25, -0.2) is 0 Å². The smallest absolute Gasteiger partial charge is 0.0635 e. The molecular formula is C16H20N4S. The monoisotopic (exact) mass is 300 g/mol. The molecule has 0 aliphatic carbocycles. The molecule has 0 fully saturated rings. The zero-order valence-corrected chi connectivity index (χ0v) is 13.0. The molecule has 0 amide bonds. The molecule has 2 unspecified atom stereocenters. The van der Waals surface area contributed by atoms with E-state index in [2.05, 4.69) is 38.8 Å². The molecule has 2 heterocycles. The van der Waals surface area contributed by atoms with Crippen LogP contribution in [0.4, 0.5) is 0 Å². The van der Waals surface area contributed by atoms with E-state index in [1.54, 1.807) is 17.5 Å². The van der Waals surface area contributed by atoms with Crippen molar-refractivity contribution in [3.8, 4) is 6.07 Å². The van der Waals surface area contributed by atoms with Gasteiger partial charge in [-0.15, -0.1) is 0 Å². The predicted octanol–water partition coefficient (Wildman–Crippen LogP) is 2.95. The van der Waals surface area contributed by atoms with E-state index >= 15 is 0 Å². The van der Waals surface area contributed by atoms with Crippen LogP contribution in [0.15, 0.2) is 41.4 Å². The van der Waals surface area contributed by atoms with Crippen LogP contribution in [-0.2, 0) is 6.54 Å². The summed E-state index contributed by atoms with van der Waals surface area (Å²) < 4.78 is 0. The van der Waals surface area contributed by atoms with Gasteiger partial charge in [0, 0.05) is 37.9 Å². The Morgan fingerprint density at radius 2 is 2.33 bits per heavy atom. The van der Waals surface area contributed by atoms with Crippen molar-refractivity contribution in [1.29, 1.82) is 5.26 Å². The maximum Gasteiger partial charge on any atom is 0.0635 e. The number of pyridine rings is 1. The van der Waals surface area contributed by atoms with E-state index in [4.69, 9.17) is 11.0 Å². The summed E-state index contributed by atoms with van der Waals surface area (Å²) in [6, 6.07) is 8.44. The number of nitrogens with two attached hydrogens (primary N) is 1. The topological polar surface area (TPSA) is 65.9 Å². The number of rotatable bonds is 7. The van der Waals surface area contributed by atoms with Crippen LogP contribution in [0.3, 0.4) is 0 Å². The molecular weight excluding hydrogens is 280 g/mol. The molecule has 2 atom stereocenters. The molecule has 0 aliphatic rings. The average Bonchev–Trinajstić information content (AvgIpc) is 2.99. The fraction of sp³-hybridized carbons (Fsp3) is 0.375. The Morgan fingerprint density at radius 1 is 1.48 bits per heavy atom. The molecule has 0 saturated heterocycles. The molecule has 2 aromatic rings. The maximum absolute atomic E-state index is 8.91. The highest BCUT2D eigenvalue weighted by atomic mass is 32.1. The molecule has 0 aliphatic heterocycles. The molecule has 2 aromatic heterocycles. The third-order valence-corrected chi connectivity index (χ3v) is 4.10. The third-order valence-electron chi connectivity index (χ3n) is 3.40. The molecule has 2 rings (SSSR count). The zero-order chi connectivity index (χ0) is 15.1. The van der Waals surface area contributed by atoms with E-state index < -0.39 is 0 Å². The number of hydrogen-bond acceptors (Lipinski definition) is 5. The summed E-state index contributed by atoms with van der Waals surface area (Å²) in [4.78, 5) is 6.43. The summed E-state index contributed by atoms with van der Waals surface area (Å²) in [5.74, 6) is 0.